The maximum atomic E-state index is 4.42. The summed E-state index contributed by atoms with van der Waals surface area (Å²) >= 11 is 0. The number of benzene rings is 2. The molecule has 1 aliphatic rings. The minimum absolute atomic E-state index is 0.0715. The summed E-state index contributed by atoms with van der Waals surface area (Å²) in [5.74, 6) is 0. The number of rotatable bonds is 8. The van der Waals surface area contributed by atoms with Gasteiger partial charge in [0.2, 0.25) is 0 Å². The van der Waals surface area contributed by atoms with Crippen molar-refractivity contribution in [3.8, 4) is 11.1 Å². The second-order valence-corrected chi connectivity index (χ2v) is 11.7. The second-order valence-electron chi connectivity index (χ2n) is 11.7. The molecule has 2 aromatic carbocycles. The van der Waals surface area contributed by atoms with E-state index in [0.717, 1.165) is 6.42 Å². The normalized spacial score (nSPS) is 14.9. The third-order valence-corrected chi connectivity index (χ3v) is 7.30. The van der Waals surface area contributed by atoms with Crippen molar-refractivity contribution in [3.63, 3.8) is 0 Å². The van der Waals surface area contributed by atoms with Gasteiger partial charge in [-0.15, -0.1) is 6.58 Å². The Kier molecular flexibility index (Phi) is 6.90. The van der Waals surface area contributed by atoms with Gasteiger partial charge in [-0.05, 0) is 50.6 Å². The molecule has 0 unspecified atom stereocenters. The van der Waals surface area contributed by atoms with Crippen molar-refractivity contribution < 1.29 is 0 Å². The van der Waals surface area contributed by atoms with E-state index in [2.05, 4.69) is 97.5 Å². The first kappa shape index (κ1) is 23.8. The van der Waals surface area contributed by atoms with Crippen LogP contribution >= 0.6 is 0 Å². The summed E-state index contributed by atoms with van der Waals surface area (Å²) in [6.07, 6.45) is 11.4. The van der Waals surface area contributed by atoms with Crippen LogP contribution in [-0.4, -0.2) is 0 Å². The van der Waals surface area contributed by atoms with Gasteiger partial charge in [-0.25, -0.2) is 0 Å². The minimum atomic E-state index is -0.0715. The molecule has 0 spiro atoms. The van der Waals surface area contributed by atoms with Crippen LogP contribution in [-0.2, 0) is 16.2 Å². The second kappa shape index (κ2) is 8.97. The highest BCUT2D eigenvalue weighted by Gasteiger charge is 2.41. The van der Waals surface area contributed by atoms with Gasteiger partial charge in [-0.1, -0.05) is 129 Å². The van der Waals surface area contributed by atoms with Crippen molar-refractivity contribution in [1.82, 2.24) is 0 Å². The molecule has 31 heavy (non-hydrogen) atoms. The molecule has 0 aliphatic heterocycles. The smallest absolute Gasteiger partial charge is 0.0391 e. The van der Waals surface area contributed by atoms with E-state index in [-0.39, 0.29) is 16.2 Å². The molecule has 0 saturated heterocycles. The molecule has 2 aromatic rings. The Morgan fingerprint density at radius 3 is 1.58 bits per heavy atom. The topological polar surface area (TPSA) is 0 Å². The molecule has 0 fully saturated rings. The van der Waals surface area contributed by atoms with E-state index in [1.165, 1.54) is 71.9 Å². The molecule has 0 N–H and O–H groups in total. The Labute approximate surface area is 192 Å². The fourth-order valence-corrected chi connectivity index (χ4v) is 5.15. The van der Waals surface area contributed by atoms with Crippen LogP contribution in [0.4, 0.5) is 0 Å². The minimum Gasteiger partial charge on any atom is -0.102 e. The Balaban J connectivity index is 2.08. The van der Waals surface area contributed by atoms with Crippen LogP contribution in [0, 0.1) is 0 Å². The van der Waals surface area contributed by atoms with Crippen LogP contribution < -0.4 is 0 Å². The molecule has 0 bridgehead atoms. The van der Waals surface area contributed by atoms with Crippen molar-refractivity contribution in [2.45, 2.75) is 110 Å². The Morgan fingerprint density at radius 2 is 1.16 bits per heavy atom. The quantitative estimate of drug-likeness (QED) is 0.297. The van der Waals surface area contributed by atoms with Gasteiger partial charge in [-0.2, -0.15) is 0 Å². The average molecular weight is 417 g/mol. The van der Waals surface area contributed by atoms with Crippen LogP contribution in [0.15, 0.2) is 49.1 Å². The van der Waals surface area contributed by atoms with Gasteiger partial charge in [-0.3, -0.25) is 0 Å². The Bertz CT molecular complexity index is 851. The first-order chi connectivity index (χ1) is 14.5. The lowest BCUT2D eigenvalue weighted by Gasteiger charge is -2.31. The predicted octanol–water partition coefficient (Wildman–Crippen LogP) is 9.48. The molecule has 168 valence electrons. The van der Waals surface area contributed by atoms with E-state index in [9.17, 15) is 0 Å². The van der Waals surface area contributed by atoms with Gasteiger partial charge in [0.1, 0.15) is 0 Å². The lowest BCUT2D eigenvalue weighted by atomic mass is 9.72. The molecule has 3 rings (SSSR count). The number of hydrogen-bond acceptors (Lipinski definition) is 0. The van der Waals surface area contributed by atoms with Crippen LogP contribution in [0.5, 0.6) is 0 Å². The highest BCUT2D eigenvalue weighted by atomic mass is 14.4. The first-order valence-corrected chi connectivity index (χ1v) is 12.5. The molecule has 1 aliphatic carbocycles. The molecule has 0 atom stereocenters. The zero-order valence-electron chi connectivity index (χ0n) is 21.2. The lowest BCUT2D eigenvalue weighted by Crippen LogP contribution is -2.24. The summed E-state index contributed by atoms with van der Waals surface area (Å²) in [4.78, 5) is 0. The molecule has 0 saturated carbocycles. The summed E-state index contributed by atoms with van der Waals surface area (Å²) in [5.41, 5.74) is 8.84. The number of hydrogen-bond donors (Lipinski definition) is 0. The molecular formula is C31H44. The van der Waals surface area contributed by atoms with Gasteiger partial charge < -0.3 is 0 Å². The summed E-state index contributed by atoms with van der Waals surface area (Å²) in [7, 11) is 0. The summed E-state index contributed by atoms with van der Waals surface area (Å²) < 4.78 is 0. The molecule has 0 heteroatoms. The largest absolute Gasteiger partial charge is 0.102 e. The van der Waals surface area contributed by atoms with Gasteiger partial charge >= 0.3 is 0 Å². The van der Waals surface area contributed by atoms with Crippen LogP contribution in [0.1, 0.15) is 116 Å². The average Bonchev–Trinajstić information content (AvgIpc) is 2.98. The van der Waals surface area contributed by atoms with E-state index < -0.39 is 0 Å². The molecule has 0 heterocycles. The van der Waals surface area contributed by atoms with Crippen LogP contribution in [0.3, 0.4) is 0 Å². The third kappa shape index (κ3) is 4.69. The monoisotopic (exact) mass is 416 g/mol. The van der Waals surface area contributed by atoms with Crippen molar-refractivity contribution in [3.05, 3.63) is 71.3 Å². The maximum Gasteiger partial charge on any atom is 0.0391 e. The summed E-state index contributed by atoms with van der Waals surface area (Å²) in [5, 5.41) is 0. The van der Waals surface area contributed by atoms with Gasteiger partial charge in [0.05, 0.1) is 0 Å². The van der Waals surface area contributed by atoms with E-state index >= 15 is 0 Å². The molecular weight excluding hydrogens is 372 g/mol. The summed E-state index contributed by atoms with van der Waals surface area (Å²) in [6, 6.07) is 14.4. The number of unbranched alkanes of at least 4 members (excludes halogenated alkanes) is 5. The third-order valence-electron chi connectivity index (χ3n) is 7.30. The summed E-state index contributed by atoms with van der Waals surface area (Å²) in [6.45, 7) is 20.6. The highest BCUT2D eigenvalue weighted by Crippen LogP contribution is 2.53. The van der Waals surface area contributed by atoms with E-state index in [4.69, 9.17) is 0 Å². The van der Waals surface area contributed by atoms with Crippen LogP contribution in [0.2, 0.25) is 0 Å². The number of allylic oxidation sites excluding steroid dienone is 1. The van der Waals surface area contributed by atoms with Gasteiger partial charge in [0.15, 0.2) is 0 Å². The van der Waals surface area contributed by atoms with Crippen molar-refractivity contribution >= 4 is 0 Å². The zero-order chi connectivity index (χ0) is 22.9. The fourth-order valence-electron chi connectivity index (χ4n) is 5.15. The van der Waals surface area contributed by atoms with Gasteiger partial charge in [0.25, 0.3) is 0 Å². The Hall–Kier alpha value is -1.82. The highest BCUT2D eigenvalue weighted by molar-refractivity contribution is 5.83. The molecule has 0 nitrogen and oxygen atoms in total. The molecule has 0 aromatic heterocycles. The molecule has 0 radical (unpaired) electrons. The predicted molar refractivity (Wildman–Crippen MR) is 138 cm³/mol. The fraction of sp³-hybridized carbons (Fsp3) is 0.548. The van der Waals surface area contributed by atoms with Crippen molar-refractivity contribution in [2.75, 3.05) is 0 Å². The Morgan fingerprint density at radius 1 is 0.710 bits per heavy atom. The van der Waals surface area contributed by atoms with E-state index in [1.807, 2.05) is 0 Å². The zero-order valence-corrected chi connectivity index (χ0v) is 21.2. The first-order valence-electron chi connectivity index (χ1n) is 12.5. The van der Waals surface area contributed by atoms with E-state index in [1.54, 1.807) is 0 Å². The molecule has 0 amide bonds. The SMILES string of the molecule is C=CC1(CCCCCCCC)c2cc(C(C)(C)C)ccc2-c2ccc(C(C)(C)C)cc21. The number of fused-ring (bicyclic) bond motifs is 3. The van der Waals surface area contributed by atoms with Gasteiger partial charge in [0, 0.05) is 5.41 Å². The van der Waals surface area contributed by atoms with Crippen molar-refractivity contribution in [1.29, 1.82) is 0 Å². The van der Waals surface area contributed by atoms with Crippen molar-refractivity contribution in [2.24, 2.45) is 0 Å². The lowest BCUT2D eigenvalue weighted by molar-refractivity contribution is 0.514. The standard InChI is InChI=1S/C31H44/c1-9-11-12-13-14-15-20-31(10-2)27-21-23(29(3,4)5)16-18-25(27)26-19-17-24(22-28(26)31)30(6,7)8/h10,16-19,21-22H,2,9,11-15,20H2,1,3-8H3. The van der Waals surface area contributed by atoms with Crippen LogP contribution in [0.25, 0.3) is 11.1 Å². The van der Waals surface area contributed by atoms with E-state index in [0.29, 0.717) is 0 Å². The maximum absolute atomic E-state index is 4.42.